The number of H-pyrrole nitrogens is 1. The normalized spacial score (nSPS) is 10.6. The summed E-state index contributed by atoms with van der Waals surface area (Å²) < 4.78 is 1.74. The zero-order valence-electron chi connectivity index (χ0n) is 44.0. The van der Waals surface area contributed by atoms with Gasteiger partial charge in [-0.25, -0.2) is 9.97 Å². The van der Waals surface area contributed by atoms with E-state index in [0.29, 0.717) is 17.0 Å². The lowest BCUT2D eigenvalue weighted by Crippen LogP contribution is -2.13. The maximum Gasteiger partial charge on any atom is 0.292 e. The van der Waals surface area contributed by atoms with Gasteiger partial charge in [0.2, 0.25) is 0 Å². The molecule has 392 valence electrons. The number of aldehydes is 1. The first kappa shape index (κ1) is 54.4. The molecule has 80 heavy (non-hydrogen) atoms. The van der Waals surface area contributed by atoms with E-state index in [1.54, 1.807) is 41.8 Å². The molecule has 0 bridgehead atoms. The van der Waals surface area contributed by atoms with Gasteiger partial charge >= 0.3 is 0 Å². The summed E-state index contributed by atoms with van der Waals surface area (Å²) in [5.41, 5.74) is 16.5. The first-order valence-electron chi connectivity index (χ1n) is 25.6. The molecule has 2 aromatic heterocycles. The Labute approximate surface area is 466 Å². The third-order valence-corrected chi connectivity index (χ3v) is 13.3. The number of aromatic nitrogens is 4. The van der Waals surface area contributed by atoms with Crippen molar-refractivity contribution >= 4 is 94.8 Å². The highest BCUT2D eigenvalue weighted by Crippen LogP contribution is 2.33. The molecule has 0 aliphatic carbocycles. The number of benzene rings is 11. The molecule has 0 spiro atoms. The highest BCUT2D eigenvalue weighted by atomic mass is 35.5. The number of carbonyl (C=O) groups excluding carboxylic acids is 3. The molecule has 3 N–H and O–H groups in total. The molecular weight excluding hydrogens is 1020 g/mol. The van der Waals surface area contributed by atoms with Crippen molar-refractivity contribution in [2.75, 3.05) is 5.73 Å². The summed E-state index contributed by atoms with van der Waals surface area (Å²) in [6.07, 6.45) is 0.891. The Morgan fingerprint density at radius 1 is 0.537 bits per heavy atom. The van der Waals surface area contributed by atoms with Crippen molar-refractivity contribution in [3.8, 4) is 22.8 Å². The average Bonchev–Trinajstić information content (AvgIpc) is 4.18. The highest BCUT2D eigenvalue weighted by molar-refractivity contribution is 6.67. The minimum atomic E-state index is -0.484. The number of rotatable bonds is 6. The molecule has 11 aromatic carbocycles. The lowest BCUT2D eigenvalue weighted by Gasteiger charge is -2.10. The van der Waals surface area contributed by atoms with Gasteiger partial charge in [-0.2, -0.15) is 0 Å². The Bertz CT molecular complexity index is 4350. The molecule has 0 fully saturated rings. The molecular formula is C68H53ClN6O5. The Morgan fingerprint density at radius 3 is 1.64 bits per heavy atom. The van der Waals surface area contributed by atoms with Crippen LogP contribution in [0.2, 0.25) is 0 Å². The number of nitro benzene ring substituents is 1. The van der Waals surface area contributed by atoms with Gasteiger partial charge in [0.05, 0.1) is 27.0 Å². The fourth-order valence-electron chi connectivity index (χ4n) is 9.12. The molecule has 0 amide bonds. The van der Waals surface area contributed by atoms with Crippen molar-refractivity contribution in [3.63, 3.8) is 0 Å². The van der Waals surface area contributed by atoms with Crippen LogP contribution in [0.5, 0.6) is 0 Å². The van der Waals surface area contributed by atoms with Crippen molar-refractivity contribution in [1.82, 2.24) is 19.5 Å². The van der Waals surface area contributed by atoms with E-state index >= 15 is 0 Å². The van der Waals surface area contributed by atoms with Gasteiger partial charge in [-0.05, 0) is 124 Å². The number of carbonyl (C=O) groups is 3. The van der Waals surface area contributed by atoms with Crippen LogP contribution in [0.25, 0.3) is 77.2 Å². The maximum atomic E-state index is 13.5. The molecule has 0 unspecified atom stereocenters. The molecule has 2 heterocycles. The van der Waals surface area contributed by atoms with Crippen LogP contribution in [0.1, 0.15) is 47.8 Å². The summed E-state index contributed by atoms with van der Waals surface area (Å²) >= 11 is 5.16. The van der Waals surface area contributed by atoms with Crippen LogP contribution in [0, 0.1) is 30.9 Å². The van der Waals surface area contributed by atoms with Gasteiger partial charge in [-0.3, -0.25) is 29.1 Å². The van der Waals surface area contributed by atoms with Gasteiger partial charge in [0.15, 0.2) is 6.29 Å². The third kappa shape index (κ3) is 12.7. The van der Waals surface area contributed by atoms with Crippen molar-refractivity contribution in [2.45, 2.75) is 20.8 Å². The molecule has 0 radical (unpaired) electrons. The van der Waals surface area contributed by atoms with Crippen LogP contribution in [0.4, 0.5) is 11.4 Å². The van der Waals surface area contributed by atoms with Gasteiger partial charge in [-0.1, -0.05) is 194 Å². The molecule has 0 saturated carbocycles. The lowest BCUT2D eigenvalue weighted by molar-refractivity contribution is -0.383. The highest BCUT2D eigenvalue weighted by Gasteiger charge is 2.21. The van der Waals surface area contributed by atoms with E-state index in [2.05, 4.69) is 90.8 Å². The zero-order chi connectivity index (χ0) is 56.1. The summed E-state index contributed by atoms with van der Waals surface area (Å²) in [6.45, 7) is 5.92. The van der Waals surface area contributed by atoms with Gasteiger partial charge < -0.3 is 10.7 Å². The fourth-order valence-corrected chi connectivity index (χ4v) is 9.25. The molecule has 12 heteroatoms. The second-order valence-electron chi connectivity index (χ2n) is 18.7. The maximum absolute atomic E-state index is 13.5. The summed E-state index contributed by atoms with van der Waals surface area (Å²) in [4.78, 5) is 57.3. The summed E-state index contributed by atoms with van der Waals surface area (Å²) in [6, 6.07) is 77.8. The van der Waals surface area contributed by atoms with E-state index in [1.807, 2.05) is 128 Å². The first-order valence-corrected chi connectivity index (χ1v) is 25.9. The number of halogens is 1. The minimum absolute atomic E-state index is 0.0231. The number of nitrogens with one attached hydrogen (secondary N) is 1. The molecule has 0 saturated heterocycles. The molecule has 13 aromatic rings. The SMILES string of the molecule is Cc1ccc(N)c([N+](=O)[O-])c1.Cc1ccc2c(c1)nc(-c1cccc3ccccc13)n2C(=O)c1ccccc1.Cc1ccc2nc(-c3cccc4ccccc34)[nH]c2c1.O=C(Cl)c1ccccc1.O=Cc1cccc2ccccc12. The number of nitrogen functional groups attached to an aromatic ring is 1. The van der Waals surface area contributed by atoms with Crippen LogP contribution >= 0.6 is 11.6 Å². The summed E-state index contributed by atoms with van der Waals surface area (Å²) in [7, 11) is 0. The Morgan fingerprint density at radius 2 is 1.04 bits per heavy atom. The van der Waals surface area contributed by atoms with E-state index in [0.717, 1.165) is 83.5 Å². The van der Waals surface area contributed by atoms with Crippen LogP contribution in [-0.2, 0) is 0 Å². The van der Waals surface area contributed by atoms with E-state index in [9.17, 15) is 24.5 Å². The van der Waals surface area contributed by atoms with E-state index in [1.165, 1.54) is 28.5 Å². The molecule has 11 nitrogen and oxygen atoms in total. The predicted molar refractivity (Wildman–Crippen MR) is 326 cm³/mol. The number of aromatic amines is 1. The quantitative estimate of drug-likeness (QED) is 0.0546. The molecule has 0 aliphatic rings. The number of nitrogens with two attached hydrogens (primary N) is 1. The van der Waals surface area contributed by atoms with Gasteiger partial charge in [0, 0.05) is 33.9 Å². The number of nitro groups is 1. The molecule has 0 aliphatic heterocycles. The summed E-state index contributed by atoms with van der Waals surface area (Å²) in [5, 5.41) is 16.7. The largest absolute Gasteiger partial charge is 0.393 e. The van der Waals surface area contributed by atoms with Crippen LogP contribution < -0.4 is 5.73 Å². The van der Waals surface area contributed by atoms with Gasteiger partial charge in [-0.15, -0.1) is 0 Å². The van der Waals surface area contributed by atoms with Crippen molar-refractivity contribution in [1.29, 1.82) is 0 Å². The second kappa shape index (κ2) is 25.2. The predicted octanol–water partition coefficient (Wildman–Crippen LogP) is 16.7. The first-order chi connectivity index (χ1) is 38.9. The van der Waals surface area contributed by atoms with E-state index in [-0.39, 0.29) is 17.3 Å². The Balaban J connectivity index is 0.000000130. The molecule has 13 rings (SSSR count). The Kier molecular flexibility index (Phi) is 17.1. The number of imidazole rings is 2. The Hall–Kier alpha value is -10.4. The number of anilines is 1. The second-order valence-corrected chi connectivity index (χ2v) is 19.1. The monoisotopic (exact) mass is 1070 g/mol. The number of nitrogens with zero attached hydrogens (tertiary/aromatic N) is 4. The zero-order valence-corrected chi connectivity index (χ0v) is 44.7. The number of aryl methyl sites for hydroxylation is 3. The van der Waals surface area contributed by atoms with Crippen molar-refractivity contribution < 1.29 is 19.3 Å². The number of fused-ring (bicyclic) bond motifs is 5. The average molecular weight is 1070 g/mol. The topological polar surface area (TPSA) is 167 Å². The minimum Gasteiger partial charge on any atom is -0.393 e. The number of hydrogen-bond donors (Lipinski definition) is 2. The lowest BCUT2D eigenvalue weighted by atomic mass is 10.0. The number of hydrogen-bond acceptors (Lipinski definition) is 8. The standard InChI is InChI=1S/C25H18N2O.C18H14N2.C11H8O.C7H5ClO.C7H8N2O2/c1-17-14-15-23-22(16-17)26-24(27(23)25(28)19-9-3-2-4-10-19)21-13-7-11-18-8-5-6-12-20(18)21;1-12-9-10-16-17(11-12)20-18(19-16)15-8-4-6-13-5-2-3-7-14(13)15;12-8-10-6-3-5-9-4-1-2-7-11(9)10;8-7(9)6-4-2-1-3-5-6;1-5-2-3-6(8)7(4-5)9(10)11/h2-16H,1H3;2-11H,1H3,(H,19,20);1-8H;1-5H;2-4H,8H2,1H3. The fraction of sp³-hybridized carbons (Fsp3) is 0.0441. The van der Waals surface area contributed by atoms with Gasteiger partial charge in [0.1, 0.15) is 17.3 Å². The molecule has 0 atom stereocenters. The van der Waals surface area contributed by atoms with Crippen molar-refractivity contribution in [3.05, 3.63) is 286 Å². The van der Waals surface area contributed by atoms with E-state index < -0.39 is 10.2 Å². The summed E-state index contributed by atoms with van der Waals surface area (Å²) in [5.74, 6) is 1.53. The van der Waals surface area contributed by atoms with Crippen molar-refractivity contribution in [2.24, 2.45) is 0 Å². The van der Waals surface area contributed by atoms with E-state index in [4.69, 9.17) is 27.3 Å². The third-order valence-electron chi connectivity index (χ3n) is 13.1. The van der Waals surface area contributed by atoms with Crippen LogP contribution in [0.15, 0.2) is 243 Å². The van der Waals surface area contributed by atoms with Crippen LogP contribution in [-0.4, -0.2) is 41.9 Å². The van der Waals surface area contributed by atoms with Crippen LogP contribution in [0.3, 0.4) is 0 Å². The smallest absolute Gasteiger partial charge is 0.292 e. The van der Waals surface area contributed by atoms with Gasteiger partial charge in [0.25, 0.3) is 16.8 Å².